The molecule has 0 radical (unpaired) electrons. The van der Waals surface area contributed by atoms with Crippen LogP contribution in [0, 0.1) is 0 Å². The molecule has 0 bridgehead atoms. The number of nitrogens with zero attached hydrogens (tertiary/aromatic N) is 1. The van der Waals surface area contributed by atoms with Crippen molar-refractivity contribution in [1.82, 2.24) is 4.98 Å². The van der Waals surface area contributed by atoms with Crippen LogP contribution in [-0.2, 0) is 0 Å². The van der Waals surface area contributed by atoms with Crippen LogP contribution < -0.4 is 5.73 Å². The van der Waals surface area contributed by atoms with Gasteiger partial charge in [0, 0.05) is 17.0 Å². The van der Waals surface area contributed by atoms with Gasteiger partial charge in [0.1, 0.15) is 11.6 Å². The number of rotatable bonds is 0. The van der Waals surface area contributed by atoms with Crippen LogP contribution >= 0.6 is 17.0 Å². The first-order valence-electron chi connectivity index (χ1n) is 3.61. The van der Waals surface area contributed by atoms with Crippen LogP contribution in [0.3, 0.4) is 0 Å². The first-order chi connectivity index (χ1) is 5.79. The van der Waals surface area contributed by atoms with E-state index >= 15 is 0 Å². The number of anilines is 1. The Morgan fingerprint density at radius 2 is 1.92 bits per heavy atom. The van der Waals surface area contributed by atoms with Gasteiger partial charge in [-0.1, -0.05) is 12.1 Å². The molecule has 0 saturated carbocycles. The molecule has 0 fully saturated rings. The number of pyridine rings is 1. The van der Waals surface area contributed by atoms with Gasteiger partial charge < -0.3 is 10.8 Å². The molecule has 3 N–H and O–H groups in total. The van der Waals surface area contributed by atoms with Gasteiger partial charge in [-0.3, -0.25) is 0 Å². The van der Waals surface area contributed by atoms with Crippen LogP contribution in [0.1, 0.15) is 0 Å². The van der Waals surface area contributed by atoms with Crippen molar-refractivity contribution in [1.29, 1.82) is 0 Å². The van der Waals surface area contributed by atoms with Crippen LogP contribution in [0.4, 0.5) is 5.82 Å². The van der Waals surface area contributed by atoms with Gasteiger partial charge in [0.25, 0.3) is 0 Å². The zero-order valence-corrected chi connectivity index (χ0v) is 8.48. The minimum atomic E-state index is 0. The Hall–Kier alpha value is -1.29. The SMILES string of the molecule is Br.Nc1nccc2c(O)cccc12. The number of nitrogen functional groups attached to an aromatic ring is 1. The first-order valence-corrected chi connectivity index (χ1v) is 3.61. The molecule has 0 aliphatic heterocycles. The third-order valence-corrected chi connectivity index (χ3v) is 1.81. The Morgan fingerprint density at radius 1 is 1.15 bits per heavy atom. The van der Waals surface area contributed by atoms with Gasteiger partial charge >= 0.3 is 0 Å². The first kappa shape index (κ1) is 9.80. The van der Waals surface area contributed by atoms with E-state index < -0.39 is 0 Å². The summed E-state index contributed by atoms with van der Waals surface area (Å²) in [4.78, 5) is 3.92. The van der Waals surface area contributed by atoms with Gasteiger partial charge in [0.15, 0.2) is 0 Å². The summed E-state index contributed by atoms with van der Waals surface area (Å²) in [7, 11) is 0. The molecule has 2 aromatic rings. The highest BCUT2D eigenvalue weighted by molar-refractivity contribution is 8.93. The number of phenolic OH excluding ortho intramolecular Hbond substituents is 1. The second-order valence-electron chi connectivity index (χ2n) is 2.57. The van der Waals surface area contributed by atoms with E-state index in [0.29, 0.717) is 5.82 Å². The minimum absolute atomic E-state index is 0. The van der Waals surface area contributed by atoms with E-state index in [4.69, 9.17) is 5.73 Å². The molecule has 13 heavy (non-hydrogen) atoms. The van der Waals surface area contributed by atoms with E-state index in [9.17, 15) is 5.11 Å². The summed E-state index contributed by atoms with van der Waals surface area (Å²) < 4.78 is 0. The molecule has 0 spiro atoms. The van der Waals surface area contributed by atoms with E-state index in [2.05, 4.69) is 4.98 Å². The van der Waals surface area contributed by atoms with Gasteiger partial charge in [-0.25, -0.2) is 4.98 Å². The summed E-state index contributed by atoms with van der Waals surface area (Å²) in [5.74, 6) is 0.685. The summed E-state index contributed by atoms with van der Waals surface area (Å²) in [6.07, 6.45) is 1.58. The number of aromatic nitrogens is 1. The van der Waals surface area contributed by atoms with E-state index in [0.717, 1.165) is 10.8 Å². The molecule has 0 amide bonds. The van der Waals surface area contributed by atoms with Crippen LogP contribution in [-0.4, -0.2) is 10.1 Å². The fraction of sp³-hybridized carbons (Fsp3) is 0. The maximum atomic E-state index is 9.41. The third kappa shape index (κ3) is 1.58. The van der Waals surface area contributed by atoms with Gasteiger partial charge in [0.2, 0.25) is 0 Å². The molecule has 0 atom stereocenters. The second-order valence-corrected chi connectivity index (χ2v) is 2.57. The average Bonchev–Trinajstić information content (AvgIpc) is 2.07. The average molecular weight is 241 g/mol. The largest absolute Gasteiger partial charge is 0.507 e. The number of aromatic hydroxyl groups is 1. The summed E-state index contributed by atoms with van der Waals surface area (Å²) in [5.41, 5.74) is 5.60. The van der Waals surface area contributed by atoms with Crippen molar-refractivity contribution < 1.29 is 5.11 Å². The van der Waals surface area contributed by atoms with Crippen LogP contribution in [0.15, 0.2) is 30.5 Å². The normalized spacial score (nSPS) is 9.54. The quantitative estimate of drug-likeness (QED) is 0.742. The molecular weight excluding hydrogens is 232 g/mol. The van der Waals surface area contributed by atoms with Crippen molar-refractivity contribution in [3.63, 3.8) is 0 Å². The predicted octanol–water partition coefficient (Wildman–Crippen LogP) is 2.10. The summed E-state index contributed by atoms with van der Waals surface area (Å²) >= 11 is 0. The smallest absolute Gasteiger partial charge is 0.131 e. The molecule has 0 saturated heterocycles. The van der Waals surface area contributed by atoms with Crippen LogP contribution in [0.2, 0.25) is 0 Å². The molecule has 0 aliphatic carbocycles. The number of benzene rings is 1. The zero-order valence-electron chi connectivity index (χ0n) is 6.77. The number of phenols is 1. The lowest BCUT2D eigenvalue weighted by atomic mass is 10.1. The molecule has 0 aliphatic rings. The molecule has 2 rings (SSSR count). The van der Waals surface area contributed by atoms with Crippen LogP contribution in [0.5, 0.6) is 5.75 Å². The maximum Gasteiger partial charge on any atom is 0.131 e. The van der Waals surface area contributed by atoms with Crippen molar-refractivity contribution in [2.24, 2.45) is 0 Å². The molecule has 1 heterocycles. The molecule has 68 valence electrons. The molecule has 4 heteroatoms. The van der Waals surface area contributed by atoms with Gasteiger partial charge in [-0.05, 0) is 12.1 Å². The summed E-state index contributed by atoms with van der Waals surface area (Å²) in [6, 6.07) is 6.94. The van der Waals surface area contributed by atoms with E-state index in [1.807, 2.05) is 6.07 Å². The lowest BCUT2D eigenvalue weighted by Gasteiger charge is -2.01. The molecule has 0 unspecified atom stereocenters. The second kappa shape index (κ2) is 3.62. The Morgan fingerprint density at radius 3 is 2.62 bits per heavy atom. The van der Waals surface area contributed by atoms with Crippen LogP contribution in [0.25, 0.3) is 10.8 Å². The lowest BCUT2D eigenvalue weighted by Crippen LogP contribution is -1.90. The number of hydrogen-bond donors (Lipinski definition) is 2. The highest BCUT2D eigenvalue weighted by Crippen LogP contribution is 2.26. The Labute approximate surface area is 86.0 Å². The van der Waals surface area contributed by atoms with Gasteiger partial charge in [-0.15, -0.1) is 17.0 Å². The predicted molar refractivity (Wildman–Crippen MR) is 58.1 cm³/mol. The van der Waals surface area contributed by atoms with Gasteiger partial charge in [-0.2, -0.15) is 0 Å². The fourth-order valence-corrected chi connectivity index (χ4v) is 1.21. The monoisotopic (exact) mass is 240 g/mol. The number of hydrogen-bond acceptors (Lipinski definition) is 3. The maximum absolute atomic E-state index is 9.41. The molecular formula is C9H9BrN2O. The molecule has 1 aromatic carbocycles. The number of fused-ring (bicyclic) bond motifs is 1. The minimum Gasteiger partial charge on any atom is -0.507 e. The summed E-state index contributed by atoms with van der Waals surface area (Å²) in [6.45, 7) is 0. The zero-order chi connectivity index (χ0) is 8.55. The Kier molecular flexibility index (Phi) is 2.72. The van der Waals surface area contributed by atoms with Crippen molar-refractivity contribution in [2.75, 3.05) is 5.73 Å². The fourth-order valence-electron chi connectivity index (χ4n) is 1.21. The standard InChI is InChI=1S/C9H8N2O.BrH/c10-9-7-2-1-3-8(12)6(7)4-5-11-9;/h1-5,12H,(H2,10,11);1H. The number of nitrogens with two attached hydrogens (primary N) is 1. The van der Waals surface area contributed by atoms with E-state index in [1.165, 1.54) is 0 Å². The van der Waals surface area contributed by atoms with Crippen molar-refractivity contribution in [3.8, 4) is 5.75 Å². The van der Waals surface area contributed by atoms with E-state index in [-0.39, 0.29) is 22.7 Å². The van der Waals surface area contributed by atoms with Crippen molar-refractivity contribution in [3.05, 3.63) is 30.5 Å². The molecule has 3 nitrogen and oxygen atoms in total. The highest BCUT2D eigenvalue weighted by Gasteiger charge is 2.00. The topological polar surface area (TPSA) is 59.1 Å². The molecule has 1 aromatic heterocycles. The van der Waals surface area contributed by atoms with E-state index in [1.54, 1.807) is 24.4 Å². The van der Waals surface area contributed by atoms with Gasteiger partial charge in [0.05, 0.1) is 0 Å². The van der Waals surface area contributed by atoms with Crippen molar-refractivity contribution in [2.45, 2.75) is 0 Å². The Balaban J connectivity index is 0.000000845. The highest BCUT2D eigenvalue weighted by atomic mass is 79.9. The van der Waals surface area contributed by atoms with Crippen molar-refractivity contribution >= 4 is 33.6 Å². The summed E-state index contributed by atoms with van der Waals surface area (Å²) in [5, 5.41) is 10.9. The lowest BCUT2D eigenvalue weighted by molar-refractivity contribution is 0.481. The number of halogens is 1. The Bertz CT molecular complexity index is 390. The third-order valence-electron chi connectivity index (χ3n) is 1.81.